The molecule has 0 fully saturated rings. The van der Waals surface area contributed by atoms with Crippen molar-refractivity contribution in [2.45, 2.75) is 31.2 Å². The Labute approximate surface area is 123 Å². The molecule has 2 amide bonds. The second kappa shape index (κ2) is 7.81. The molecule has 0 aromatic heterocycles. The number of aliphatic carboxylic acids is 4. The monoisotopic (exact) mass is 320 g/mol. The number of rotatable bonds is 10. The van der Waals surface area contributed by atoms with Gasteiger partial charge in [0, 0.05) is 6.42 Å². The van der Waals surface area contributed by atoms with Gasteiger partial charge in [-0.05, 0) is 12.8 Å². The summed E-state index contributed by atoms with van der Waals surface area (Å²) >= 11 is 0. The summed E-state index contributed by atoms with van der Waals surface area (Å²) in [7, 11) is 0. The fourth-order valence-electron chi connectivity index (χ4n) is 1.90. The van der Waals surface area contributed by atoms with E-state index in [4.69, 9.17) is 21.1 Å². The molecule has 11 nitrogen and oxygen atoms in total. The molecule has 0 saturated carbocycles. The third-order valence-electron chi connectivity index (χ3n) is 2.90. The topological polar surface area (TPSA) is 204 Å². The minimum atomic E-state index is -2.29. The number of carbonyl (C=O) groups is 5. The Morgan fingerprint density at radius 2 is 1.55 bits per heavy atom. The lowest BCUT2D eigenvalue weighted by Gasteiger charge is -2.31. The standard InChI is InChI=1S/C11H16N2O9/c12-10(22)13-11(9(20)21,2-1-6(14)15)4-5(8(18)19)3-7(16)17/h5H,1-4H2,(H,14,15)(H,16,17)(H,18,19)(H,20,21)(H3,12,13,22). The van der Waals surface area contributed by atoms with Gasteiger partial charge in [0.1, 0.15) is 5.54 Å². The molecule has 0 radical (unpaired) electrons. The zero-order valence-corrected chi connectivity index (χ0v) is 11.3. The van der Waals surface area contributed by atoms with E-state index in [0.29, 0.717) is 0 Å². The Kier molecular flexibility index (Phi) is 6.80. The smallest absolute Gasteiger partial charge is 0.329 e. The number of primary amides is 1. The number of amides is 2. The zero-order chi connectivity index (χ0) is 17.5. The van der Waals surface area contributed by atoms with E-state index in [-0.39, 0.29) is 0 Å². The number of carbonyl (C=O) groups excluding carboxylic acids is 1. The molecule has 0 spiro atoms. The maximum Gasteiger partial charge on any atom is 0.329 e. The van der Waals surface area contributed by atoms with E-state index in [1.165, 1.54) is 0 Å². The summed E-state index contributed by atoms with van der Waals surface area (Å²) in [6, 6.07) is -1.30. The van der Waals surface area contributed by atoms with Gasteiger partial charge in [-0.25, -0.2) is 9.59 Å². The first-order valence-electron chi connectivity index (χ1n) is 5.97. The van der Waals surface area contributed by atoms with Gasteiger partial charge in [0.2, 0.25) is 0 Å². The van der Waals surface area contributed by atoms with Crippen molar-refractivity contribution in [1.29, 1.82) is 0 Å². The van der Waals surface area contributed by atoms with Gasteiger partial charge in [0.05, 0.1) is 12.3 Å². The lowest BCUT2D eigenvalue weighted by Crippen LogP contribution is -2.58. The van der Waals surface area contributed by atoms with E-state index in [1.54, 1.807) is 0 Å². The molecule has 0 saturated heterocycles. The Bertz CT molecular complexity index is 490. The fourth-order valence-corrected chi connectivity index (χ4v) is 1.90. The van der Waals surface area contributed by atoms with Crippen molar-refractivity contribution in [3.8, 4) is 0 Å². The normalized spacial score (nSPS) is 14.4. The van der Waals surface area contributed by atoms with Crippen LogP contribution in [0.15, 0.2) is 0 Å². The maximum absolute atomic E-state index is 11.4. The van der Waals surface area contributed by atoms with Crippen molar-refractivity contribution in [3.05, 3.63) is 0 Å². The number of urea groups is 1. The number of hydrogen-bond acceptors (Lipinski definition) is 5. The molecule has 0 aromatic carbocycles. The Morgan fingerprint density at radius 1 is 1.00 bits per heavy atom. The average molecular weight is 320 g/mol. The van der Waals surface area contributed by atoms with Crippen LogP contribution in [0.2, 0.25) is 0 Å². The molecule has 0 aliphatic rings. The summed E-state index contributed by atoms with van der Waals surface area (Å²) in [6.45, 7) is 0. The van der Waals surface area contributed by atoms with Crippen LogP contribution >= 0.6 is 0 Å². The lowest BCUT2D eigenvalue weighted by atomic mass is 9.82. The molecule has 22 heavy (non-hydrogen) atoms. The molecule has 0 rings (SSSR count). The first-order valence-corrected chi connectivity index (χ1v) is 5.97. The maximum atomic E-state index is 11.4. The summed E-state index contributed by atoms with van der Waals surface area (Å²) in [5, 5.41) is 37.3. The van der Waals surface area contributed by atoms with E-state index >= 15 is 0 Å². The molecule has 11 heteroatoms. The Hall–Kier alpha value is -2.85. The molecule has 7 N–H and O–H groups in total. The van der Waals surface area contributed by atoms with E-state index in [9.17, 15) is 29.1 Å². The summed E-state index contributed by atoms with van der Waals surface area (Å²) in [5.41, 5.74) is 2.56. The van der Waals surface area contributed by atoms with Gasteiger partial charge in [-0.1, -0.05) is 0 Å². The van der Waals surface area contributed by atoms with Crippen molar-refractivity contribution < 1.29 is 44.4 Å². The second-order valence-corrected chi connectivity index (χ2v) is 4.61. The Balaban J connectivity index is 5.53. The highest BCUT2D eigenvalue weighted by atomic mass is 16.4. The summed E-state index contributed by atoms with van der Waals surface area (Å²) in [6.07, 6.45) is -3.05. The highest BCUT2D eigenvalue weighted by molar-refractivity contribution is 5.87. The van der Waals surface area contributed by atoms with Gasteiger partial charge in [0.25, 0.3) is 0 Å². The van der Waals surface area contributed by atoms with Crippen LogP contribution in [0.25, 0.3) is 0 Å². The number of carboxylic acid groups (broad SMARTS) is 4. The van der Waals surface area contributed by atoms with Gasteiger partial charge in [-0.15, -0.1) is 0 Å². The van der Waals surface area contributed by atoms with Crippen molar-refractivity contribution in [2.24, 2.45) is 11.7 Å². The molecule has 124 valence electrons. The van der Waals surface area contributed by atoms with Crippen molar-refractivity contribution in [1.82, 2.24) is 5.32 Å². The number of nitrogens with one attached hydrogen (secondary N) is 1. The van der Waals surface area contributed by atoms with Crippen LogP contribution in [0.3, 0.4) is 0 Å². The largest absolute Gasteiger partial charge is 0.481 e. The zero-order valence-electron chi connectivity index (χ0n) is 11.3. The summed E-state index contributed by atoms with van der Waals surface area (Å²) < 4.78 is 0. The van der Waals surface area contributed by atoms with Crippen LogP contribution < -0.4 is 11.1 Å². The number of hydrogen-bond donors (Lipinski definition) is 6. The van der Waals surface area contributed by atoms with E-state index in [1.807, 2.05) is 5.32 Å². The van der Waals surface area contributed by atoms with Crippen LogP contribution in [-0.4, -0.2) is 55.9 Å². The summed E-state index contributed by atoms with van der Waals surface area (Å²) in [4.78, 5) is 54.7. The molecule has 0 aliphatic heterocycles. The molecular formula is C11H16N2O9. The van der Waals surface area contributed by atoms with Crippen molar-refractivity contribution in [2.75, 3.05) is 0 Å². The van der Waals surface area contributed by atoms with Gasteiger partial charge in [-0.2, -0.15) is 0 Å². The highest BCUT2D eigenvalue weighted by Crippen LogP contribution is 2.26. The average Bonchev–Trinajstić information content (AvgIpc) is 2.33. The van der Waals surface area contributed by atoms with Gasteiger partial charge in [0.15, 0.2) is 0 Å². The predicted octanol–water partition coefficient (Wildman–Crippen LogP) is -1.09. The third-order valence-corrected chi connectivity index (χ3v) is 2.90. The fraction of sp³-hybridized carbons (Fsp3) is 0.545. The minimum absolute atomic E-state index is 0.649. The van der Waals surface area contributed by atoms with E-state index < -0.39 is 67.0 Å². The van der Waals surface area contributed by atoms with Crippen LogP contribution in [0.1, 0.15) is 25.7 Å². The van der Waals surface area contributed by atoms with Crippen molar-refractivity contribution >= 4 is 29.9 Å². The van der Waals surface area contributed by atoms with Gasteiger partial charge < -0.3 is 31.5 Å². The van der Waals surface area contributed by atoms with Gasteiger partial charge in [-0.3, -0.25) is 14.4 Å². The predicted molar refractivity (Wildman–Crippen MR) is 68.0 cm³/mol. The van der Waals surface area contributed by atoms with Gasteiger partial charge >= 0.3 is 29.9 Å². The molecule has 0 aromatic rings. The first kappa shape index (κ1) is 19.1. The van der Waals surface area contributed by atoms with Crippen LogP contribution in [0, 0.1) is 5.92 Å². The quantitative estimate of drug-likeness (QED) is 0.288. The van der Waals surface area contributed by atoms with E-state index in [2.05, 4.69) is 0 Å². The van der Waals surface area contributed by atoms with Crippen molar-refractivity contribution in [3.63, 3.8) is 0 Å². The highest BCUT2D eigenvalue weighted by Gasteiger charge is 2.44. The molecule has 2 unspecified atom stereocenters. The molecule has 0 heterocycles. The van der Waals surface area contributed by atoms with E-state index in [0.717, 1.165) is 0 Å². The van der Waals surface area contributed by atoms with Crippen LogP contribution in [-0.2, 0) is 19.2 Å². The molecule has 0 bridgehead atoms. The lowest BCUT2D eigenvalue weighted by molar-refractivity contribution is -0.152. The number of carboxylic acids is 4. The third kappa shape index (κ3) is 6.07. The van der Waals surface area contributed by atoms with Crippen LogP contribution in [0.4, 0.5) is 4.79 Å². The molecule has 2 atom stereocenters. The first-order chi connectivity index (χ1) is 10.00. The Morgan fingerprint density at radius 3 is 1.86 bits per heavy atom. The molecular weight excluding hydrogens is 304 g/mol. The minimum Gasteiger partial charge on any atom is -0.481 e. The molecule has 0 aliphatic carbocycles. The summed E-state index contributed by atoms with van der Waals surface area (Å²) in [5.74, 6) is -7.79. The second-order valence-electron chi connectivity index (χ2n) is 4.61. The number of nitrogens with two attached hydrogens (primary N) is 1. The SMILES string of the molecule is NC(=O)NC(CCC(=O)O)(CC(CC(=O)O)C(=O)O)C(=O)O. The van der Waals surface area contributed by atoms with Crippen LogP contribution in [0.5, 0.6) is 0 Å².